The van der Waals surface area contributed by atoms with Crippen LogP contribution in [0, 0.1) is 23.4 Å². The van der Waals surface area contributed by atoms with E-state index in [-0.39, 0.29) is 49.5 Å². The van der Waals surface area contributed by atoms with Gasteiger partial charge >= 0.3 is 5.97 Å². The van der Waals surface area contributed by atoms with Crippen molar-refractivity contribution in [3.8, 4) is 17.2 Å². The van der Waals surface area contributed by atoms with Crippen LogP contribution in [0.5, 0.6) is 17.2 Å². The van der Waals surface area contributed by atoms with Gasteiger partial charge in [-0.05, 0) is 55.2 Å². The van der Waals surface area contributed by atoms with Crippen LogP contribution in [0.2, 0.25) is 0 Å². The number of anilines is 1. The highest BCUT2D eigenvalue weighted by atomic mass is 19.2. The lowest BCUT2D eigenvalue weighted by molar-refractivity contribution is -0.143. The minimum absolute atomic E-state index is 0.0252. The van der Waals surface area contributed by atoms with Crippen LogP contribution < -0.4 is 19.5 Å². The van der Waals surface area contributed by atoms with E-state index in [0.29, 0.717) is 35.0 Å². The molecule has 2 N–H and O–H groups in total. The summed E-state index contributed by atoms with van der Waals surface area (Å²) in [5.41, 5.74) is 1.02. The molecule has 0 radical (unpaired) electrons. The fourth-order valence-corrected chi connectivity index (χ4v) is 6.14. The highest BCUT2D eigenvalue weighted by molar-refractivity contribution is 5.94. The van der Waals surface area contributed by atoms with Crippen molar-refractivity contribution in [1.82, 2.24) is 4.90 Å². The summed E-state index contributed by atoms with van der Waals surface area (Å²) in [5.74, 6) is -5.71. The van der Waals surface area contributed by atoms with Crippen molar-refractivity contribution in [3.63, 3.8) is 0 Å². The number of carbonyl (C=O) groups is 2. The monoisotopic (exact) mass is 598 g/mol. The van der Waals surface area contributed by atoms with Gasteiger partial charge in [-0.1, -0.05) is 32.0 Å². The van der Waals surface area contributed by atoms with Crippen LogP contribution in [-0.2, 0) is 22.4 Å². The Morgan fingerprint density at radius 2 is 1.56 bits per heavy atom. The second-order valence-electron chi connectivity index (χ2n) is 10.5. The summed E-state index contributed by atoms with van der Waals surface area (Å²) in [5, 5.41) is 13.1. The molecular formula is C32H33F3N2O6. The number of fused-ring (bicyclic) bond motifs is 1. The van der Waals surface area contributed by atoms with Crippen LogP contribution in [0.1, 0.15) is 55.0 Å². The Kier molecular flexibility index (Phi) is 8.82. The summed E-state index contributed by atoms with van der Waals surface area (Å²) >= 11 is 0. The van der Waals surface area contributed by atoms with Crippen molar-refractivity contribution in [1.29, 1.82) is 0 Å². The normalized spacial score (nSPS) is 19.4. The first-order chi connectivity index (χ1) is 20.7. The zero-order valence-corrected chi connectivity index (χ0v) is 24.1. The van der Waals surface area contributed by atoms with Crippen LogP contribution in [-0.4, -0.2) is 48.4 Å². The molecule has 2 aliphatic rings. The van der Waals surface area contributed by atoms with Crippen LogP contribution >= 0.6 is 0 Å². The van der Waals surface area contributed by atoms with E-state index < -0.39 is 47.2 Å². The maximum absolute atomic E-state index is 14.7. The summed E-state index contributed by atoms with van der Waals surface area (Å²) in [4.78, 5) is 28.1. The molecule has 1 unspecified atom stereocenters. The Bertz CT molecular complexity index is 1500. The van der Waals surface area contributed by atoms with E-state index in [4.69, 9.17) is 14.2 Å². The maximum atomic E-state index is 14.7. The standard InChI is InChI=1S/C32H33F3N2O6/c1-4-20-27(33)29(35)28(34)21(5-2)30(20)36-25(38)15-37-14-22(18-9-12-23-24(13-18)43-16-42-23)26(32(39)40)31(37)17-7-10-19(11-8-17)41-6-3/h7-13,22,26,31H,4-6,14-16H2,1-3H3,(H,36,38)(H,39,40)/t22-,26?,31+/m1/s1. The average Bonchev–Trinajstić information content (AvgIpc) is 3.61. The third kappa shape index (κ3) is 5.73. The molecule has 228 valence electrons. The Morgan fingerprint density at radius 1 is 0.930 bits per heavy atom. The van der Waals surface area contributed by atoms with Crippen LogP contribution in [0.4, 0.5) is 18.9 Å². The lowest BCUT2D eigenvalue weighted by atomic mass is 9.82. The number of ether oxygens (including phenoxy) is 3. The Labute approximate surface area is 247 Å². The minimum atomic E-state index is -1.57. The molecule has 1 fully saturated rings. The van der Waals surface area contributed by atoms with Gasteiger partial charge in [-0.25, -0.2) is 13.2 Å². The number of benzene rings is 3. The van der Waals surface area contributed by atoms with Crippen LogP contribution in [0.15, 0.2) is 42.5 Å². The van der Waals surface area contributed by atoms with Gasteiger partial charge in [0, 0.05) is 29.6 Å². The molecule has 0 spiro atoms. The predicted molar refractivity (Wildman–Crippen MR) is 152 cm³/mol. The smallest absolute Gasteiger partial charge is 0.309 e. The summed E-state index contributed by atoms with van der Waals surface area (Å²) in [6, 6.07) is 11.6. The third-order valence-corrected chi connectivity index (χ3v) is 8.08. The highest BCUT2D eigenvalue weighted by Gasteiger charge is 2.48. The maximum Gasteiger partial charge on any atom is 0.309 e. The molecule has 3 atom stereocenters. The van der Waals surface area contributed by atoms with Gasteiger partial charge in [0.05, 0.1) is 24.8 Å². The third-order valence-electron chi connectivity index (χ3n) is 8.08. The number of nitrogens with one attached hydrogen (secondary N) is 1. The molecule has 2 heterocycles. The Hall–Kier alpha value is -4.25. The van der Waals surface area contributed by atoms with Crippen molar-refractivity contribution >= 4 is 17.6 Å². The number of hydrogen-bond acceptors (Lipinski definition) is 6. The predicted octanol–water partition coefficient (Wildman–Crippen LogP) is 5.84. The minimum Gasteiger partial charge on any atom is -0.494 e. The fraction of sp³-hybridized carbons (Fsp3) is 0.375. The molecule has 2 aliphatic heterocycles. The second kappa shape index (κ2) is 12.5. The van der Waals surface area contributed by atoms with Gasteiger partial charge in [0.15, 0.2) is 29.0 Å². The van der Waals surface area contributed by atoms with E-state index in [9.17, 15) is 27.9 Å². The lowest BCUT2D eigenvalue weighted by Crippen LogP contribution is -2.35. The topological polar surface area (TPSA) is 97.3 Å². The van der Waals surface area contributed by atoms with E-state index in [1.54, 1.807) is 61.2 Å². The summed E-state index contributed by atoms with van der Waals surface area (Å²) in [7, 11) is 0. The van der Waals surface area contributed by atoms with Gasteiger partial charge in [0.1, 0.15) is 5.75 Å². The number of carbonyl (C=O) groups excluding carboxylic acids is 1. The zero-order chi connectivity index (χ0) is 30.8. The molecule has 3 aromatic carbocycles. The van der Waals surface area contributed by atoms with Gasteiger partial charge < -0.3 is 24.6 Å². The average molecular weight is 599 g/mol. The number of rotatable bonds is 10. The van der Waals surface area contributed by atoms with Gasteiger partial charge in [-0.2, -0.15) is 0 Å². The number of nitrogens with zero attached hydrogens (tertiary/aromatic N) is 1. The molecule has 3 aromatic rings. The second-order valence-corrected chi connectivity index (χ2v) is 10.5. The van der Waals surface area contributed by atoms with Crippen molar-refractivity contribution in [3.05, 3.63) is 82.2 Å². The quantitative estimate of drug-likeness (QED) is 0.283. The molecule has 0 saturated carbocycles. The molecule has 1 saturated heterocycles. The number of hydrogen-bond donors (Lipinski definition) is 2. The molecule has 5 rings (SSSR count). The van der Waals surface area contributed by atoms with E-state index >= 15 is 0 Å². The summed E-state index contributed by atoms with van der Waals surface area (Å²) in [6.07, 6.45) is 0.0505. The Morgan fingerprint density at radius 3 is 2.16 bits per heavy atom. The molecule has 1 amide bonds. The summed E-state index contributed by atoms with van der Waals surface area (Å²) in [6.45, 7) is 5.46. The molecule has 8 nitrogen and oxygen atoms in total. The molecule has 43 heavy (non-hydrogen) atoms. The van der Waals surface area contributed by atoms with Gasteiger partial charge in [0.2, 0.25) is 12.7 Å². The molecular weight excluding hydrogens is 565 g/mol. The number of carboxylic acid groups (broad SMARTS) is 1. The lowest BCUT2D eigenvalue weighted by Gasteiger charge is -2.27. The van der Waals surface area contributed by atoms with E-state index in [1.807, 2.05) is 6.92 Å². The van der Waals surface area contributed by atoms with E-state index in [1.165, 1.54) is 0 Å². The first-order valence-electron chi connectivity index (χ1n) is 14.3. The first-order valence-corrected chi connectivity index (χ1v) is 14.3. The number of aliphatic carboxylic acids is 1. The van der Waals surface area contributed by atoms with Gasteiger partial charge in [-0.3, -0.25) is 14.5 Å². The highest BCUT2D eigenvalue weighted by Crippen LogP contribution is 2.48. The molecule has 0 aromatic heterocycles. The molecule has 0 aliphatic carbocycles. The van der Waals surface area contributed by atoms with E-state index in [0.717, 1.165) is 0 Å². The number of likely N-dealkylation sites (tertiary alicyclic amines) is 1. The largest absolute Gasteiger partial charge is 0.494 e. The number of carboxylic acids is 1. The van der Waals surface area contributed by atoms with Crippen molar-refractivity contribution in [2.45, 2.75) is 45.6 Å². The zero-order valence-electron chi connectivity index (χ0n) is 24.1. The number of amides is 1. The van der Waals surface area contributed by atoms with E-state index in [2.05, 4.69) is 5.32 Å². The number of halogens is 3. The SMILES string of the molecule is CCOc1ccc([C@H]2C(C(=O)O)[C@@H](c3ccc4c(c3)OCO4)CN2CC(=O)Nc2c(CC)c(F)c(F)c(F)c2CC)cc1. The first kappa shape index (κ1) is 30.2. The van der Waals surface area contributed by atoms with Crippen molar-refractivity contribution in [2.75, 3.05) is 31.8 Å². The van der Waals surface area contributed by atoms with Crippen molar-refractivity contribution in [2.24, 2.45) is 5.92 Å². The van der Waals surface area contributed by atoms with Crippen molar-refractivity contribution < 1.29 is 42.1 Å². The van der Waals surface area contributed by atoms with Gasteiger partial charge in [0.25, 0.3) is 0 Å². The fourth-order valence-electron chi connectivity index (χ4n) is 6.14. The Balaban J connectivity index is 1.51. The van der Waals surface area contributed by atoms with Crippen LogP contribution in [0.3, 0.4) is 0 Å². The molecule has 11 heteroatoms. The molecule has 0 bridgehead atoms. The van der Waals surface area contributed by atoms with Crippen LogP contribution in [0.25, 0.3) is 0 Å². The summed E-state index contributed by atoms with van der Waals surface area (Å²) < 4.78 is 60.1. The van der Waals surface area contributed by atoms with Gasteiger partial charge in [-0.15, -0.1) is 0 Å².